The van der Waals surface area contributed by atoms with Crippen LogP contribution in [0.1, 0.15) is 11.6 Å². The summed E-state index contributed by atoms with van der Waals surface area (Å²) in [6.45, 7) is 2.67. The number of aliphatic carboxylic acids is 1. The van der Waals surface area contributed by atoms with E-state index in [1.807, 2.05) is 23.1 Å². The molecule has 2 heterocycles. The largest absolute Gasteiger partial charge is 0.493 e. The third-order valence-electron chi connectivity index (χ3n) is 4.61. The van der Waals surface area contributed by atoms with Gasteiger partial charge in [-0.05, 0) is 18.2 Å². The van der Waals surface area contributed by atoms with E-state index in [0.717, 1.165) is 5.82 Å². The predicted molar refractivity (Wildman–Crippen MR) is 97.9 cm³/mol. The van der Waals surface area contributed by atoms with Crippen LogP contribution in [-0.2, 0) is 4.79 Å². The van der Waals surface area contributed by atoms with E-state index in [9.17, 15) is 9.90 Å². The molecule has 1 aromatic carbocycles. The second-order valence-electron chi connectivity index (χ2n) is 6.03. The molecule has 0 aliphatic carbocycles. The first-order valence-corrected chi connectivity index (χ1v) is 8.49. The number of carboxylic acid groups (broad SMARTS) is 1. The van der Waals surface area contributed by atoms with Crippen molar-refractivity contribution in [3.05, 3.63) is 48.2 Å². The van der Waals surface area contributed by atoms with Crippen LogP contribution in [0.3, 0.4) is 0 Å². The zero-order valence-corrected chi connectivity index (χ0v) is 15.0. The van der Waals surface area contributed by atoms with Gasteiger partial charge < -0.3 is 19.5 Å². The van der Waals surface area contributed by atoms with Crippen LogP contribution < -0.4 is 14.4 Å². The first kappa shape index (κ1) is 18.0. The first-order valence-electron chi connectivity index (χ1n) is 8.49. The molecule has 0 amide bonds. The van der Waals surface area contributed by atoms with Gasteiger partial charge in [0.15, 0.2) is 11.5 Å². The fourth-order valence-corrected chi connectivity index (χ4v) is 3.36. The van der Waals surface area contributed by atoms with Gasteiger partial charge in [0, 0.05) is 37.9 Å². The lowest BCUT2D eigenvalue weighted by molar-refractivity contribution is -0.143. The lowest BCUT2D eigenvalue weighted by Gasteiger charge is -2.38. The van der Waals surface area contributed by atoms with Crippen molar-refractivity contribution in [2.75, 3.05) is 45.3 Å². The van der Waals surface area contributed by atoms with Gasteiger partial charge in [-0.15, -0.1) is 0 Å². The number of piperazine rings is 1. The van der Waals surface area contributed by atoms with Crippen LogP contribution in [0.25, 0.3) is 0 Å². The highest BCUT2D eigenvalue weighted by molar-refractivity contribution is 5.77. The first-order chi connectivity index (χ1) is 12.7. The molecule has 26 heavy (non-hydrogen) atoms. The molecule has 3 rings (SSSR count). The minimum Gasteiger partial charge on any atom is -0.493 e. The van der Waals surface area contributed by atoms with E-state index in [1.54, 1.807) is 31.5 Å². The van der Waals surface area contributed by atoms with Crippen LogP contribution in [0.4, 0.5) is 5.82 Å². The summed E-state index contributed by atoms with van der Waals surface area (Å²) in [7, 11) is 3.07. The maximum Gasteiger partial charge on any atom is 0.325 e. The van der Waals surface area contributed by atoms with Gasteiger partial charge in [0.05, 0.1) is 14.2 Å². The second kappa shape index (κ2) is 8.05. The van der Waals surface area contributed by atoms with E-state index in [4.69, 9.17) is 9.47 Å². The molecule has 1 fully saturated rings. The maximum atomic E-state index is 12.1. The normalized spacial score (nSPS) is 16.2. The van der Waals surface area contributed by atoms with E-state index in [1.165, 1.54) is 7.11 Å². The Morgan fingerprint density at radius 1 is 1.08 bits per heavy atom. The molecule has 0 radical (unpaired) electrons. The van der Waals surface area contributed by atoms with Gasteiger partial charge in [0.1, 0.15) is 11.9 Å². The molecular formula is C19H23N3O4. The van der Waals surface area contributed by atoms with E-state index < -0.39 is 12.0 Å². The summed E-state index contributed by atoms with van der Waals surface area (Å²) >= 11 is 0. The van der Waals surface area contributed by atoms with Crippen molar-refractivity contribution in [3.8, 4) is 11.5 Å². The van der Waals surface area contributed by atoms with Crippen LogP contribution in [0, 0.1) is 0 Å². The number of rotatable bonds is 6. The number of methoxy groups -OCH3 is 2. The molecule has 2 aromatic rings. The zero-order chi connectivity index (χ0) is 18.5. The molecule has 0 saturated carbocycles. The standard InChI is InChI=1S/C19H23N3O4/c1-25-15-7-5-6-14(18(15)26-2)17(19(23)24)22-12-10-21(11-13-22)16-8-3-4-9-20-16/h3-9,17H,10-13H2,1-2H3,(H,23,24)/t17-/m0/s1. The summed E-state index contributed by atoms with van der Waals surface area (Å²) in [5.41, 5.74) is 0.602. The summed E-state index contributed by atoms with van der Waals surface area (Å²) in [6, 6.07) is 10.4. The molecular weight excluding hydrogens is 334 g/mol. The molecule has 1 aliphatic rings. The molecule has 1 aromatic heterocycles. The highest BCUT2D eigenvalue weighted by Crippen LogP contribution is 2.37. The molecule has 1 saturated heterocycles. The topological polar surface area (TPSA) is 75.1 Å². The smallest absolute Gasteiger partial charge is 0.325 e. The highest BCUT2D eigenvalue weighted by atomic mass is 16.5. The summed E-state index contributed by atoms with van der Waals surface area (Å²) in [4.78, 5) is 20.5. The summed E-state index contributed by atoms with van der Waals surface area (Å²) in [5, 5.41) is 9.88. The Morgan fingerprint density at radius 3 is 2.42 bits per heavy atom. The number of benzene rings is 1. The molecule has 1 N–H and O–H groups in total. The number of aromatic nitrogens is 1. The molecule has 0 unspecified atom stereocenters. The van der Waals surface area contributed by atoms with Gasteiger partial charge in [-0.1, -0.05) is 18.2 Å². The third-order valence-corrected chi connectivity index (χ3v) is 4.61. The van der Waals surface area contributed by atoms with E-state index in [-0.39, 0.29) is 0 Å². The average Bonchev–Trinajstić information content (AvgIpc) is 2.69. The SMILES string of the molecule is COc1cccc([C@@H](C(=O)O)N2CCN(c3ccccn3)CC2)c1OC. The summed E-state index contributed by atoms with van der Waals surface area (Å²) in [6.07, 6.45) is 1.77. The van der Waals surface area contributed by atoms with Gasteiger partial charge >= 0.3 is 5.97 Å². The maximum absolute atomic E-state index is 12.1. The molecule has 7 heteroatoms. The predicted octanol–water partition coefficient (Wildman–Crippen LogP) is 2.05. The van der Waals surface area contributed by atoms with Crippen molar-refractivity contribution in [2.24, 2.45) is 0 Å². The molecule has 138 valence electrons. The molecule has 1 atom stereocenters. The van der Waals surface area contributed by atoms with Crippen molar-refractivity contribution in [1.82, 2.24) is 9.88 Å². The fraction of sp³-hybridized carbons (Fsp3) is 0.368. The van der Waals surface area contributed by atoms with E-state index >= 15 is 0 Å². The van der Waals surface area contributed by atoms with E-state index in [0.29, 0.717) is 43.2 Å². The van der Waals surface area contributed by atoms with Gasteiger partial charge in [0.25, 0.3) is 0 Å². The van der Waals surface area contributed by atoms with Gasteiger partial charge in [0.2, 0.25) is 0 Å². The molecule has 0 spiro atoms. The Labute approximate surface area is 152 Å². The Hall–Kier alpha value is -2.80. The number of hydrogen-bond donors (Lipinski definition) is 1. The van der Waals surface area contributed by atoms with Gasteiger partial charge in [-0.2, -0.15) is 0 Å². The lowest BCUT2D eigenvalue weighted by atomic mass is 10.0. The van der Waals surface area contributed by atoms with Crippen molar-refractivity contribution >= 4 is 11.8 Å². The van der Waals surface area contributed by atoms with Gasteiger partial charge in [-0.3, -0.25) is 9.69 Å². The van der Waals surface area contributed by atoms with Crippen molar-refractivity contribution < 1.29 is 19.4 Å². The summed E-state index contributed by atoms with van der Waals surface area (Å²) < 4.78 is 10.8. The number of nitrogens with zero attached hydrogens (tertiary/aromatic N) is 3. The number of pyridine rings is 1. The molecule has 0 bridgehead atoms. The minimum atomic E-state index is -0.900. The number of ether oxygens (including phenoxy) is 2. The quantitative estimate of drug-likeness (QED) is 0.848. The lowest BCUT2D eigenvalue weighted by Crippen LogP contribution is -2.49. The molecule has 7 nitrogen and oxygen atoms in total. The van der Waals surface area contributed by atoms with Crippen LogP contribution in [0.2, 0.25) is 0 Å². The second-order valence-corrected chi connectivity index (χ2v) is 6.03. The third kappa shape index (κ3) is 3.57. The Balaban J connectivity index is 1.81. The van der Waals surface area contributed by atoms with E-state index in [2.05, 4.69) is 9.88 Å². The van der Waals surface area contributed by atoms with Crippen LogP contribution in [0.15, 0.2) is 42.6 Å². The number of carboxylic acids is 1. The van der Waals surface area contributed by atoms with Crippen molar-refractivity contribution in [3.63, 3.8) is 0 Å². The monoisotopic (exact) mass is 357 g/mol. The van der Waals surface area contributed by atoms with Crippen LogP contribution >= 0.6 is 0 Å². The number of anilines is 1. The zero-order valence-electron chi connectivity index (χ0n) is 15.0. The fourth-order valence-electron chi connectivity index (χ4n) is 3.36. The molecule has 1 aliphatic heterocycles. The van der Waals surface area contributed by atoms with Crippen molar-refractivity contribution in [2.45, 2.75) is 6.04 Å². The average molecular weight is 357 g/mol. The Morgan fingerprint density at radius 2 is 1.85 bits per heavy atom. The Kier molecular flexibility index (Phi) is 5.58. The Bertz CT molecular complexity index is 746. The van der Waals surface area contributed by atoms with Crippen LogP contribution in [-0.4, -0.2) is 61.4 Å². The summed E-state index contributed by atoms with van der Waals surface area (Å²) in [5.74, 6) is 1.01. The minimum absolute atomic E-state index is 0.467. The number of para-hydroxylation sites is 1. The van der Waals surface area contributed by atoms with Gasteiger partial charge in [-0.25, -0.2) is 4.98 Å². The number of carbonyl (C=O) groups is 1. The van der Waals surface area contributed by atoms with Crippen molar-refractivity contribution in [1.29, 1.82) is 0 Å². The highest BCUT2D eigenvalue weighted by Gasteiger charge is 2.33. The van der Waals surface area contributed by atoms with Crippen LogP contribution in [0.5, 0.6) is 11.5 Å². The number of hydrogen-bond acceptors (Lipinski definition) is 6.